The van der Waals surface area contributed by atoms with Gasteiger partial charge >= 0.3 is 0 Å². The molecule has 0 aliphatic heterocycles. The summed E-state index contributed by atoms with van der Waals surface area (Å²) < 4.78 is 1.00. The average Bonchev–Trinajstić information content (AvgIpc) is 2.53. The molecule has 0 nitrogen and oxygen atoms in total. The summed E-state index contributed by atoms with van der Waals surface area (Å²) in [6.45, 7) is 5.92. The maximum absolute atomic E-state index is 4.66. The molecule has 0 N–H and O–H groups in total. The first-order valence-electron chi connectivity index (χ1n) is 4.80. The maximum atomic E-state index is 4.66. The summed E-state index contributed by atoms with van der Waals surface area (Å²) in [5, 5.41) is 0. The van der Waals surface area contributed by atoms with E-state index in [0.717, 1.165) is 10.6 Å². The van der Waals surface area contributed by atoms with Crippen molar-refractivity contribution >= 4 is 28.2 Å². The molecule has 0 aromatic heterocycles. The van der Waals surface area contributed by atoms with Crippen LogP contribution in [0.3, 0.4) is 0 Å². The fourth-order valence-electron chi connectivity index (χ4n) is 0.521. The van der Waals surface area contributed by atoms with Gasteiger partial charge in [0.05, 0.1) is 0 Å². The molecule has 1 aliphatic rings. The second-order valence-corrected chi connectivity index (χ2v) is 4.06. The van der Waals surface area contributed by atoms with Gasteiger partial charge in [0, 0.05) is 4.20 Å². The summed E-state index contributed by atoms with van der Waals surface area (Å²) in [6.07, 6.45) is 15.5. The normalized spacial score (nSPS) is 11.7. The number of rotatable bonds is 0. The van der Waals surface area contributed by atoms with E-state index in [1.54, 1.807) is 11.8 Å². The van der Waals surface area contributed by atoms with Crippen LogP contribution in [0.5, 0.6) is 0 Å². The molecule has 0 bridgehead atoms. The summed E-state index contributed by atoms with van der Waals surface area (Å²) in [6, 6.07) is 0. The lowest BCUT2D eigenvalue weighted by Gasteiger charge is -1.76. The van der Waals surface area contributed by atoms with E-state index >= 15 is 0 Å². The molecule has 0 fully saturated rings. The predicted molar refractivity (Wildman–Crippen MR) is 75.2 cm³/mol. The van der Waals surface area contributed by atoms with Gasteiger partial charge in [-0.25, -0.2) is 0 Å². The van der Waals surface area contributed by atoms with Gasteiger partial charge in [-0.2, -0.15) is 0 Å². The van der Waals surface area contributed by atoms with Crippen LogP contribution in [-0.4, -0.2) is 10.5 Å². The van der Waals surface area contributed by atoms with Gasteiger partial charge in [-0.1, -0.05) is 62.5 Å². The second-order valence-electron chi connectivity index (χ2n) is 2.17. The molecule has 14 heavy (non-hydrogen) atoms. The van der Waals surface area contributed by atoms with E-state index in [4.69, 9.17) is 0 Å². The molecule has 0 unspecified atom stereocenters. The quantitative estimate of drug-likeness (QED) is 0.547. The van der Waals surface area contributed by atoms with Crippen molar-refractivity contribution in [3.63, 3.8) is 0 Å². The van der Waals surface area contributed by atoms with Gasteiger partial charge in [-0.15, -0.1) is 11.8 Å². The second kappa shape index (κ2) is 15.1. The van der Waals surface area contributed by atoms with Crippen molar-refractivity contribution in [2.24, 2.45) is 0 Å². The Morgan fingerprint density at radius 2 is 1.43 bits per heavy atom. The lowest BCUT2D eigenvalue weighted by Crippen LogP contribution is -1.66. The summed E-state index contributed by atoms with van der Waals surface area (Å²) in [4.78, 5) is 0. The van der Waals surface area contributed by atoms with Gasteiger partial charge in [-0.05, 0) is 19.6 Å². The van der Waals surface area contributed by atoms with Crippen molar-refractivity contribution in [3.05, 3.63) is 36.5 Å². The fraction of sp³-hybridized carbons (Fsp3) is 0.417. The molecule has 0 atom stereocenters. The highest BCUT2D eigenvalue weighted by atomic mass is 32.2. The number of hydrogen-bond donors (Lipinski definition) is 0. The van der Waals surface area contributed by atoms with Crippen molar-refractivity contribution in [1.82, 2.24) is 0 Å². The molecule has 0 aromatic rings. The van der Waals surface area contributed by atoms with Gasteiger partial charge < -0.3 is 0 Å². The van der Waals surface area contributed by atoms with E-state index in [1.807, 2.05) is 39.2 Å². The van der Waals surface area contributed by atoms with E-state index in [2.05, 4.69) is 36.5 Å². The van der Waals surface area contributed by atoms with Gasteiger partial charge in [0.25, 0.3) is 0 Å². The molecule has 0 heterocycles. The van der Waals surface area contributed by atoms with Crippen LogP contribution in [0.4, 0.5) is 0 Å². The SMILES string of the molecule is C1=CC=CCC=C1.CC.CSC(C)=S. The molecular weight excluding hydrogens is 208 g/mol. The van der Waals surface area contributed by atoms with Gasteiger partial charge in [0.1, 0.15) is 0 Å². The molecule has 1 aliphatic carbocycles. The average molecular weight is 228 g/mol. The zero-order chi connectivity index (χ0) is 11.2. The fourth-order valence-corrected chi connectivity index (χ4v) is 0.521. The minimum Gasteiger partial charge on any atom is -0.123 e. The molecule has 0 radical (unpaired) electrons. The molecule has 0 saturated carbocycles. The smallest absolute Gasteiger partial charge is 0.0444 e. The van der Waals surface area contributed by atoms with Crippen molar-refractivity contribution < 1.29 is 0 Å². The Bertz CT molecular complexity index is 186. The Morgan fingerprint density at radius 1 is 1.07 bits per heavy atom. The molecule has 1 rings (SSSR count). The number of thioether (sulfide) groups is 1. The zero-order valence-electron chi connectivity index (χ0n) is 9.49. The van der Waals surface area contributed by atoms with E-state index < -0.39 is 0 Å². The van der Waals surface area contributed by atoms with Crippen LogP contribution < -0.4 is 0 Å². The van der Waals surface area contributed by atoms with Crippen LogP contribution in [0.25, 0.3) is 0 Å². The standard InChI is InChI=1S/C7H8.C3H6S2.C2H6/c1-2-4-6-7-5-3-1;1-3(4)5-2;1-2/h1-6H,7H2;1-2H3;1-2H3. The number of thiocarbonyl (C=S) groups is 1. The van der Waals surface area contributed by atoms with Gasteiger partial charge in [0.15, 0.2) is 0 Å². The first kappa shape index (κ1) is 16.1. The van der Waals surface area contributed by atoms with E-state index in [0.29, 0.717) is 0 Å². The lowest BCUT2D eigenvalue weighted by molar-refractivity contribution is 1.41. The Hall–Kier alpha value is -0.340. The Morgan fingerprint density at radius 3 is 1.71 bits per heavy atom. The molecule has 0 spiro atoms. The third-order valence-electron chi connectivity index (χ3n) is 1.17. The molecule has 0 saturated heterocycles. The first-order chi connectivity index (χ1) is 6.77. The Labute approximate surface area is 98.2 Å². The molecular formula is C12H20S2. The lowest BCUT2D eigenvalue weighted by atomic mass is 10.4. The van der Waals surface area contributed by atoms with Crippen LogP contribution in [0.2, 0.25) is 0 Å². The predicted octanol–water partition coefficient (Wildman–Crippen LogP) is 4.78. The summed E-state index contributed by atoms with van der Waals surface area (Å²) in [5.74, 6) is 0. The highest BCUT2D eigenvalue weighted by molar-refractivity contribution is 8.22. The summed E-state index contributed by atoms with van der Waals surface area (Å²) >= 11 is 6.27. The topological polar surface area (TPSA) is 0 Å². The molecule has 0 aromatic carbocycles. The number of hydrogen-bond acceptors (Lipinski definition) is 2. The highest BCUT2D eigenvalue weighted by Gasteiger charge is 1.71. The molecule has 2 heteroatoms. The van der Waals surface area contributed by atoms with Gasteiger partial charge in [-0.3, -0.25) is 0 Å². The van der Waals surface area contributed by atoms with Crippen molar-refractivity contribution in [2.45, 2.75) is 27.2 Å². The third kappa shape index (κ3) is 17.7. The number of allylic oxidation sites excluding steroid dienone is 6. The Kier molecular flexibility index (Phi) is 17.4. The maximum Gasteiger partial charge on any atom is 0.0444 e. The van der Waals surface area contributed by atoms with Crippen LogP contribution in [0.15, 0.2) is 36.5 Å². The Balaban J connectivity index is 0. The van der Waals surface area contributed by atoms with Crippen LogP contribution >= 0.6 is 24.0 Å². The van der Waals surface area contributed by atoms with Crippen molar-refractivity contribution in [1.29, 1.82) is 0 Å². The zero-order valence-corrected chi connectivity index (χ0v) is 11.1. The monoisotopic (exact) mass is 228 g/mol. The van der Waals surface area contributed by atoms with E-state index in [1.165, 1.54) is 0 Å². The minimum atomic E-state index is 1.00. The third-order valence-corrected chi connectivity index (χ3v) is 2.24. The van der Waals surface area contributed by atoms with Crippen molar-refractivity contribution in [2.75, 3.05) is 6.26 Å². The van der Waals surface area contributed by atoms with E-state index in [9.17, 15) is 0 Å². The molecule has 0 amide bonds. The van der Waals surface area contributed by atoms with E-state index in [-0.39, 0.29) is 0 Å². The summed E-state index contributed by atoms with van der Waals surface area (Å²) in [5.41, 5.74) is 0. The first-order valence-corrected chi connectivity index (χ1v) is 6.43. The minimum absolute atomic E-state index is 1.00. The van der Waals surface area contributed by atoms with Crippen LogP contribution in [0, 0.1) is 0 Å². The van der Waals surface area contributed by atoms with Gasteiger partial charge in [0.2, 0.25) is 0 Å². The largest absolute Gasteiger partial charge is 0.123 e. The van der Waals surface area contributed by atoms with Crippen LogP contribution in [-0.2, 0) is 0 Å². The van der Waals surface area contributed by atoms with Crippen LogP contribution in [0.1, 0.15) is 27.2 Å². The summed E-state index contributed by atoms with van der Waals surface area (Å²) in [7, 11) is 0. The van der Waals surface area contributed by atoms with Crippen molar-refractivity contribution in [3.8, 4) is 0 Å². The molecule has 80 valence electrons. The highest BCUT2D eigenvalue weighted by Crippen LogP contribution is 1.93.